The van der Waals surface area contributed by atoms with Gasteiger partial charge in [0.2, 0.25) is 0 Å². The first-order valence-corrected chi connectivity index (χ1v) is 8.55. The Morgan fingerprint density at radius 1 is 0.957 bits per heavy atom. The molecule has 0 N–H and O–H groups in total. The van der Waals surface area contributed by atoms with Crippen molar-refractivity contribution in [1.82, 2.24) is 4.90 Å². The minimum Gasteiger partial charge on any atom is -0.339 e. The molecule has 126 valence electrons. The molecule has 2 aliphatic heterocycles. The second-order valence-electron chi connectivity index (χ2n) is 7.56. The average molecular weight is 317 g/mol. The Hall–Kier alpha value is -1.39. The maximum absolute atomic E-state index is 12.5. The summed E-state index contributed by atoms with van der Waals surface area (Å²) in [7, 11) is 0. The number of amides is 1. The molecule has 2 fully saturated rings. The molecule has 1 amide bonds. The number of hydrogen-bond acceptors (Lipinski definition) is 3. The smallest absolute Gasteiger partial charge is 0.253 e. The highest BCUT2D eigenvalue weighted by atomic mass is 16.7. The Morgan fingerprint density at radius 3 is 2.00 bits per heavy atom. The van der Waals surface area contributed by atoms with Crippen molar-refractivity contribution in [1.29, 1.82) is 0 Å². The summed E-state index contributed by atoms with van der Waals surface area (Å²) in [6, 6.07) is 7.66. The molecule has 2 saturated heterocycles. The summed E-state index contributed by atoms with van der Waals surface area (Å²) in [5.41, 5.74) is 1.01. The largest absolute Gasteiger partial charge is 0.339 e. The van der Waals surface area contributed by atoms with E-state index in [9.17, 15) is 4.79 Å². The monoisotopic (exact) mass is 317 g/mol. The van der Waals surface area contributed by atoms with Gasteiger partial charge in [-0.1, -0.05) is 12.1 Å². The number of carbonyl (C=O) groups excluding carboxylic acids is 1. The second-order valence-corrected chi connectivity index (χ2v) is 7.56. The molecule has 1 aromatic rings. The number of rotatable bonds is 2. The molecule has 3 rings (SSSR count). The average Bonchev–Trinajstić information content (AvgIpc) is 2.76. The molecule has 0 atom stereocenters. The third-order valence-electron chi connectivity index (χ3n) is 5.33. The Balaban J connectivity index is 1.71. The number of benzene rings is 1. The number of hydrogen-bond donors (Lipinski definition) is 0. The number of carbonyl (C=O) groups is 1. The standard InChI is InChI=1S/C19H27NO3/c1-18(2)19(3,4)23-17(22-18)15-10-8-14(9-11-15)16(21)20-12-6-5-7-13-20/h8-11,17H,5-7,12-13H2,1-4H3. The van der Waals surface area contributed by atoms with Crippen LogP contribution in [0.25, 0.3) is 0 Å². The first kappa shape index (κ1) is 16.5. The highest BCUT2D eigenvalue weighted by Gasteiger charge is 2.49. The maximum Gasteiger partial charge on any atom is 0.253 e. The number of likely N-dealkylation sites (tertiary alicyclic amines) is 1. The topological polar surface area (TPSA) is 38.8 Å². The van der Waals surface area contributed by atoms with Gasteiger partial charge >= 0.3 is 0 Å². The van der Waals surface area contributed by atoms with Crippen molar-refractivity contribution in [2.24, 2.45) is 0 Å². The molecule has 0 aromatic heterocycles. The summed E-state index contributed by atoms with van der Waals surface area (Å²) in [5, 5.41) is 0. The van der Waals surface area contributed by atoms with E-state index in [-0.39, 0.29) is 23.4 Å². The normalized spacial score (nSPS) is 23.9. The molecule has 0 saturated carbocycles. The summed E-state index contributed by atoms with van der Waals surface area (Å²) >= 11 is 0. The SMILES string of the molecule is CC1(C)OC(c2ccc(C(=O)N3CCCCC3)cc2)OC1(C)C. The predicted octanol–water partition coefficient (Wildman–Crippen LogP) is 3.92. The van der Waals surface area contributed by atoms with E-state index in [1.54, 1.807) is 0 Å². The molecular weight excluding hydrogens is 290 g/mol. The molecule has 1 aromatic carbocycles. The second kappa shape index (κ2) is 5.91. The van der Waals surface area contributed by atoms with Crippen LogP contribution < -0.4 is 0 Å². The molecule has 0 unspecified atom stereocenters. The van der Waals surface area contributed by atoms with Gasteiger partial charge in [0.05, 0.1) is 11.2 Å². The van der Waals surface area contributed by atoms with Crippen molar-refractivity contribution in [3.05, 3.63) is 35.4 Å². The molecule has 4 heteroatoms. The molecule has 2 heterocycles. The van der Waals surface area contributed by atoms with Crippen molar-refractivity contribution in [3.63, 3.8) is 0 Å². The van der Waals surface area contributed by atoms with Gasteiger partial charge in [-0.2, -0.15) is 0 Å². The van der Waals surface area contributed by atoms with Gasteiger partial charge in [-0.25, -0.2) is 0 Å². The van der Waals surface area contributed by atoms with Crippen LogP contribution in [0.5, 0.6) is 0 Å². The summed E-state index contributed by atoms with van der Waals surface area (Å²) < 4.78 is 12.1. The van der Waals surface area contributed by atoms with E-state index in [1.165, 1.54) is 6.42 Å². The number of ether oxygens (including phenoxy) is 2. The molecule has 0 spiro atoms. The highest BCUT2D eigenvalue weighted by Crippen LogP contribution is 2.44. The van der Waals surface area contributed by atoms with Crippen LogP contribution in [0.15, 0.2) is 24.3 Å². The molecule has 23 heavy (non-hydrogen) atoms. The molecule has 0 bridgehead atoms. The Bertz CT molecular complexity index is 555. The van der Waals surface area contributed by atoms with E-state index < -0.39 is 0 Å². The summed E-state index contributed by atoms with van der Waals surface area (Å²) in [6.45, 7) is 9.92. The summed E-state index contributed by atoms with van der Waals surface area (Å²) in [5.74, 6) is 0.130. The molecule has 4 nitrogen and oxygen atoms in total. The zero-order valence-corrected chi connectivity index (χ0v) is 14.6. The Morgan fingerprint density at radius 2 is 1.48 bits per heavy atom. The van der Waals surface area contributed by atoms with E-state index in [4.69, 9.17) is 9.47 Å². The van der Waals surface area contributed by atoms with Gasteiger partial charge in [-0.15, -0.1) is 0 Å². The van der Waals surface area contributed by atoms with Crippen LogP contribution in [0.4, 0.5) is 0 Å². The minimum absolute atomic E-state index is 0.130. The lowest BCUT2D eigenvalue weighted by molar-refractivity contribution is -0.0895. The van der Waals surface area contributed by atoms with Crippen LogP contribution in [0.2, 0.25) is 0 Å². The van der Waals surface area contributed by atoms with Crippen molar-refractivity contribution in [2.45, 2.75) is 64.4 Å². The Labute approximate surface area is 138 Å². The van der Waals surface area contributed by atoms with E-state index in [0.29, 0.717) is 0 Å². The zero-order chi connectivity index (χ0) is 16.7. The van der Waals surface area contributed by atoms with Crippen LogP contribution in [0, 0.1) is 0 Å². The fourth-order valence-electron chi connectivity index (χ4n) is 3.04. The van der Waals surface area contributed by atoms with Gasteiger partial charge in [0, 0.05) is 24.2 Å². The van der Waals surface area contributed by atoms with Crippen LogP contribution in [-0.2, 0) is 9.47 Å². The van der Waals surface area contributed by atoms with E-state index in [2.05, 4.69) is 0 Å². The van der Waals surface area contributed by atoms with Crippen LogP contribution >= 0.6 is 0 Å². The first-order chi connectivity index (χ1) is 10.8. The zero-order valence-electron chi connectivity index (χ0n) is 14.6. The lowest BCUT2D eigenvalue weighted by atomic mass is 9.90. The Kier molecular flexibility index (Phi) is 4.23. The van der Waals surface area contributed by atoms with Gasteiger partial charge in [-0.05, 0) is 59.1 Å². The van der Waals surface area contributed by atoms with E-state index in [1.807, 2.05) is 56.9 Å². The fourth-order valence-corrected chi connectivity index (χ4v) is 3.04. The van der Waals surface area contributed by atoms with Gasteiger partial charge in [0.25, 0.3) is 5.91 Å². The van der Waals surface area contributed by atoms with Crippen molar-refractivity contribution in [2.75, 3.05) is 13.1 Å². The molecular formula is C19H27NO3. The van der Waals surface area contributed by atoms with Crippen molar-refractivity contribution >= 4 is 5.91 Å². The number of piperidine rings is 1. The molecule has 0 aliphatic carbocycles. The first-order valence-electron chi connectivity index (χ1n) is 8.55. The quantitative estimate of drug-likeness (QED) is 0.830. The van der Waals surface area contributed by atoms with Crippen LogP contribution in [0.3, 0.4) is 0 Å². The summed E-state index contributed by atoms with van der Waals surface area (Å²) in [4.78, 5) is 14.5. The third kappa shape index (κ3) is 3.15. The third-order valence-corrected chi connectivity index (χ3v) is 5.33. The van der Waals surface area contributed by atoms with Gasteiger partial charge in [0.1, 0.15) is 0 Å². The molecule has 2 aliphatic rings. The van der Waals surface area contributed by atoms with Gasteiger partial charge < -0.3 is 14.4 Å². The van der Waals surface area contributed by atoms with E-state index >= 15 is 0 Å². The molecule has 0 radical (unpaired) electrons. The lowest BCUT2D eigenvalue weighted by Gasteiger charge is -2.30. The van der Waals surface area contributed by atoms with Crippen LogP contribution in [0.1, 0.15) is 69.2 Å². The lowest BCUT2D eigenvalue weighted by Crippen LogP contribution is -2.41. The van der Waals surface area contributed by atoms with Gasteiger partial charge in [0.15, 0.2) is 6.29 Å². The van der Waals surface area contributed by atoms with Crippen molar-refractivity contribution in [3.8, 4) is 0 Å². The van der Waals surface area contributed by atoms with Gasteiger partial charge in [-0.3, -0.25) is 4.79 Å². The maximum atomic E-state index is 12.5. The van der Waals surface area contributed by atoms with Crippen molar-refractivity contribution < 1.29 is 14.3 Å². The highest BCUT2D eigenvalue weighted by molar-refractivity contribution is 5.94. The predicted molar refractivity (Wildman–Crippen MR) is 89.3 cm³/mol. The van der Waals surface area contributed by atoms with Crippen LogP contribution in [-0.4, -0.2) is 35.1 Å². The fraction of sp³-hybridized carbons (Fsp3) is 0.632. The summed E-state index contributed by atoms with van der Waals surface area (Å²) in [6.07, 6.45) is 3.07. The van der Waals surface area contributed by atoms with E-state index in [0.717, 1.165) is 37.1 Å². The number of nitrogens with zero attached hydrogens (tertiary/aromatic N) is 1. The minimum atomic E-state index is -0.376.